The molecule has 0 unspecified atom stereocenters. The first-order valence-corrected chi connectivity index (χ1v) is 9.31. The molecule has 1 saturated carbocycles. The molecule has 7 heteroatoms. The van der Waals surface area contributed by atoms with Crippen LogP contribution in [0.5, 0.6) is 0 Å². The highest BCUT2D eigenvalue weighted by Gasteiger charge is 2.36. The van der Waals surface area contributed by atoms with Gasteiger partial charge in [0.2, 0.25) is 5.91 Å². The summed E-state index contributed by atoms with van der Waals surface area (Å²) in [5.74, 6) is 0.201. The minimum absolute atomic E-state index is 0.00738. The third-order valence-corrected chi connectivity index (χ3v) is 5.65. The van der Waals surface area contributed by atoms with Crippen LogP contribution in [-0.4, -0.2) is 61.5 Å². The summed E-state index contributed by atoms with van der Waals surface area (Å²) in [5, 5.41) is 18.2. The maximum atomic E-state index is 12.7. The molecule has 1 saturated heterocycles. The van der Waals surface area contributed by atoms with Crippen molar-refractivity contribution in [2.75, 3.05) is 19.6 Å². The van der Waals surface area contributed by atoms with Crippen LogP contribution < -0.4 is 0 Å². The van der Waals surface area contributed by atoms with Crippen LogP contribution in [0.25, 0.3) is 0 Å². The molecule has 2 fully saturated rings. The molecule has 0 aromatic carbocycles. The molecule has 3 aliphatic rings. The lowest BCUT2D eigenvalue weighted by atomic mass is 9.81. The highest BCUT2D eigenvalue weighted by atomic mass is 16.3. The number of amides is 1. The van der Waals surface area contributed by atoms with Crippen LogP contribution in [0.3, 0.4) is 0 Å². The highest BCUT2D eigenvalue weighted by Crippen LogP contribution is 2.30. The maximum absolute atomic E-state index is 12.7. The standard InChI is InChI=1S/C17H27N5O2/c23-14-9-13(10-14)17(24)21-7-4-8-22-16(12-21)15(18-19-22)11-20-5-2-1-3-6-20/h13-14,23H,1-12H2. The summed E-state index contributed by atoms with van der Waals surface area (Å²) in [7, 11) is 0. The van der Waals surface area contributed by atoms with Crippen LogP contribution in [0.4, 0.5) is 0 Å². The zero-order valence-electron chi connectivity index (χ0n) is 14.2. The van der Waals surface area contributed by atoms with Crippen molar-refractivity contribution < 1.29 is 9.90 Å². The van der Waals surface area contributed by atoms with E-state index >= 15 is 0 Å². The Labute approximate surface area is 142 Å². The summed E-state index contributed by atoms with van der Waals surface area (Å²) in [4.78, 5) is 17.1. The van der Waals surface area contributed by atoms with Crippen LogP contribution in [0.2, 0.25) is 0 Å². The van der Waals surface area contributed by atoms with Crippen molar-refractivity contribution in [3.05, 3.63) is 11.4 Å². The minimum atomic E-state index is -0.284. The van der Waals surface area contributed by atoms with Gasteiger partial charge in [0.25, 0.3) is 0 Å². The first-order chi connectivity index (χ1) is 11.7. The van der Waals surface area contributed by atoms with Crippen molar-refractivity contribution in [3.8, 4) is 0 Å². The van der Waals surface area contributed by atoms with E-state index < -0.39 is 0 Å². The van der Waals surface area contributed by atoms with Gasteiger partial charge in [-0.05, 0) is 45.2 Å². The molecule has 132 valence electrons. The van der Waals surface area contributed by atoms with E-state index in [9.17, 15) is 9.90 Å². The second-order valence-corrected chi connectivity index (χ2v) is 7.48. The van der Waals surface area contributed by atoms with Crippen LogP contribution in [-0.2, 0) is 24.4 Å². The van der Waals surface area contributed by atoms with Gasteiger partial charge in [-0.2, -0.15) is 0 Å². The Balaban J connectivity index is 1.46. The molecule has 1 amide bonds. The quantitative estimate of drug-likeness (QED) is 0.884. The monoisotopic (exact) mass is 333 g/mol. The number of hydrogen-bond acceptors (Lipinski definition) is 5. The molecule has 1 N–H and O–H groups in total. The third kappa shape index (κ3) is 3.19. The zero-order chi connectivity index (χ0) is 16.5. The van der Waals surface area contributed by atoms with Crippen LogP contribution in [0, 0.1) is 5.92 Å². The molecule has 1 aromatic heterocycles. The predicted molar refractivity (Wildman–Crippen MR) is 87.9 cm³/mol. The molecule has 7 nitrogen and oxygen atoms in total. The van der Waals surface area contributed by atoms with Crippen molar-refractivity contribution in [1.29, 1.82) is 0 Å². The first kappa shape index (κ1) is 16.0. The van der Waals surface area contributed by atoms with Gasteiger partial charge in [-0.1, -0.05) is 11.6 Å². The molecule has 4 rings (SSSR count). The van der Waals surface area contributed by atoms with Gasteiger partial charge < -0.3 is 10.0 Å². The molecule has 3 heterocycles. The van der Waals surface area contributed by atoms with E-state index in [1.165, 1.54) is 19.3 Å². The fraction of sp³-hybridized carbons (Fsp3) is 0.824. The van der Waals surface area contributed by atoms with Gasteiger partial charge in [0.15, 0.2) is 0 Å². The number of aliphatic hydroxyl groups excluding tert-OH is 1. The van der Waals surface area contributed by atoms with Crippen molar-refractivity contribution in [3.63, 3.8) is 0 Å². The van der Waals surface area contributed by atoms with Gasteiger partial charge in [-0.15, -0.1) is 5.10 Å². The third-order valence-electron chi connectivity index (χ3n) is 5.65. The van der Waals surface area contributed by atoms with Crippen molar-refractivity contribution >= 4 is 5.91 Å². The first-order valence-electron chi connectivity index (χ1n) is 9.31. The second-order valence-electron chi connectivity index (χ2n) is 7.48. The Morgan fingerprint density at radius 1 is 1.08 bits per heavy atom. The van der Waals surface area contributed by atoms with E-state index in [4.69, 9.17) is 0 Å². The van der Waals surface area contributed by atoms with Crippen LogP contribution in [0.15, 0.2) is 0 Å². The number of piperidine rings is 1. The summed E-state index contributed by atoms with van der Waals surface area (Å²) >= 11 is 0. The molecule has 1 aromatic rings. The van der Waals surface area contributed by atoms with Crippen molar-refractivity contribution in [2.45, 2.75) is 64.3 Å². The summed E-state index contributed by atoms with van der Waals surface area (Å²) in [6.45, 7) is 5.34. The van der Waals surface area contributed by atoms with Gasteiger partial charge in [0, 0.05) is 25.6 Å². The lowest BCUT2D eigenvalue weighted by Crippen LogP contribution is -2.43. The fourth-order valence-electron chi connectivity index (χ4n) is 4.08. The largest absolute Gasteiger partial charge is 0.393 e. The Bertz CT molecular complexity index is 590. The lowest BCUT2D eigenvalue weighted by molar-refractivity contribution is -0.143. The second kappa shape index (κ2) is 6.80. The highest BCUT2D eigenvalue weighted by molar-refractivity contribution is 5.79. The molecule has 2 aliphatic heterocycles. The fourth-order valence-corrected chi connectivity index (χ4v) is 4.08. The average molecular weight is 333 g/mol. The Hall–Kier alpha value is -1.47. The van der Waals surface area contributed by atoms with Crippen LogP contribution >= 0.6 is 0 Å². The molecular formula is C17H27N5O2. The molecule has 0 radical (unpaired) electrons. The number of carbonyl (C=O) groups excluding carboxylic acids is 1. The number of likely N-dealkylation sites (tertiary alicyclic amines) is 1. The average Bonchev–Trinajstić information content (AvgIpc) is 2.81. The van der Waals surface area contributed by atoms with Gasteiger partial charge in [-0.25, -0.2) is 4.68 Å². The summed E-state index contributed by atoms with van der Waals surface area (Å²) in [6.07, 6.45) is 5.72. The predicted octanol–water partition coefficient (Wildman–Crippen LogP) is 0.767. The Kier molecular flexibility index (Phi) is 4.54. The number of aromatic nitrogens is 3. The number of fused-ring (bicyclic) bond motifs is 1. The molecule has 0 atom stereocenters. The van der Waals surface area contributed by atoms with Gasteiger partial charge in [0.05, 0.1) is 18.3 Å². The maximum Gasteiger partial charge on any atom is 0.226 e. The smallest absolute Gasteiger partial charge is 0.226 e. The summed E-state index contributed by atoms with van der Waals surface area (Å²) in [6, 6.07) is 0. The van der Waals surface area contributed by atoms with E-state index in [1.807, 2.05) is 9.58 Å². The minimum Gasteiger partial charge on any atom is -0.393 e. The van der Waals surface area contributed by atoms with Crippen molar-refractivity contribution in [2.24, 2.45) is 5.92 Å². The van der Waals surface area contributed by atoms with E-state index in [1.54, 1.807) is 0 Å². The number of nitrogens with zero attached hydrogens (tertiary/aromatic N) is 5. The van der Waals surface area contributed by atoms with E-state index in [0.717, 1.165) is 50.5 Å². The Morgan fingerprint density at radius 3 is 2.62 bits per heavy atom. The summed E-state index contributed by atoms with van der Waals surface area (Å²) in [5.41, 5.74) is 2.14. The van der Waals surface area contributed by atoms with E-state index in [2.05, 4.69) is 15.2 Å². The number of aryl methyl sites for hydroxylation is 1. The molecule has 0 bridgehead atoms. The van der Waals surface area contributed by atoms with Crippen LogP contribution in [0.1, 0.15) is 49.9 Å². The molecule has 1 aliphatic carbocycles. The topological polar surface area (TPSA) is 74.5 Å². The van der Waals surface area contributed by atoms with Crippen molar-refractivity contribution in [1.82, 2.24) is 24.8 Å². The van der Waals surface area contributed by atoms with E-state index in [-0.39, 0.29) is 17.9 Å². The summed E-state index contributed by atoms with van der Waals surface area (Å²) < 4.78 is 1.99. The normalized spacial score (nSPS) is 28.1. The molecular weight excluding hydrogens is 306 g/mol. The van der Waals surface area contributed by atoms with Gasteiger partial charge in [0.1, 0.15) is 5.69 Å². The number of aliphatic hydroxyl groups is 1. The van der Waals surface area contributed by atoms with E-state index in [0.29, 0.717) is 19.4 Å². The lowest BCUT2D eigenvalue weighted by Gasteiger charge is -2.34. The molecule has 0 spiro atoms. The molecule has 24 heavy (non-hydrogen) atoms. The van der Waals surface area contributed by atoms with Gasteiger partial charge >= 0.3 is 0 Å². The number of rotatable bonds is 3. The zero-order valence-corrected chi connectivity index (χ0v) is 14.2. The Morgan fingerprint density at radius 2 is 1.88 bits per heavy atom. The van der Waals surface area contributed by atoms with Gasteiger partial charge in [-0.3, -0.25) is 9.69 Å². The number of carbonyl (C=O) groups is 1. The SMILES string of the molecule is O=C(C1CC(O)C1)N1CCCn2nnc(CN3CCCCC3)c2C1. The number of hydrogen-bond donors (Lipinski definition) is 1.